The zero-order chi connectivity index (χ0) is 71.2. The van der Waals surface area contributed by atoms with E-state index in [0.29, 0.717) is 104 Å². The smallest absolute Gasteiger partial charge is 0.328 e. The van der Waals surface area contributed by atoms with Gasteiger partial charge in [0.1, 0.15) is 18.1 Å². The fourth-order valence-corrected chi connectivity index (χ4v) is 7.75. The van der Waals surface area contributed by atoms with Crippen LogP contribution in [0.1, 0.15) is 164 Å². The van der Waals surface area contributed by atoms with Crippen LogP contribution in [0.5, 0.6) is 0 Å². The van der Waals surface area contributed by atoms with Crippen LogP contribution in [0.15, 0.2) is 0 Å². The maximum Gasteiger partial charge on any atom is 0.328 e. The zero-order valence-electron chi connectivity index (χ0n) is 56.7. The number of carbonyl (C=O) groups excluding carboxylic acids is 12. The van der Waals surface area contributed by atoms with Gasteiger partial charge in [-0.25, -0.2) is 14.4 Å². The van der Waals surface area contributed by atoms with Crippen LogP contribution in [0.4, 0.5) is 0 Å². The van der Waals surface area contributed by atoms with Crippen LogP contribution >= 0.6 is 0 Å². The molecule has 0 aliphatic heterocycles. The number of nitrogens with two attached hydrogens (primary N) is 6. The van der Waals surface area contributed by atoms with Crippen LogP contribution in [0, 0.1) is 0 Å². The summed E-state index contributed by atoms with van der Waals surface area (Å²) < 4.78 is 45.6. The van der Waals surface area contributed by atoms with Gasteiger partial charge in [-0.1, -0.05) is 19.3 Å². The molecule has 0 bridgehead atoms. The van der Waals surface area contributed by atoms with Crippen molar-refractivity contribution in [1.29, 1.82) is 0 Å². The van der Waals surface area contributed by atoms with Crippen molar-refractivity contribution < 1.29 is 100 Å². The maximum absolute atomic E-state index is 12.2. The number of carbonyl (C=O) groups is 12. The van der Waals surface area contributed by atoms with E-state index >= 15 is 0 Å². The molecule has 33 nitrogen and oxygen atoms in total. The fraction of sp³-hybridized carbons (Fsp3) is 0.803. The van der Waals surface area contributed by atoms with Crippen molar-refractivity contribution in [3.8, 4) is 0 Å². The Bertz CT molecular complexity index is 2100. The van der Waals surface area contributed by atoms with Crippen molar-refractivity contribution in [1.82, 2.24) is 31.9 Å². The largest absolute Gasteiger partial charge is 0.466 e. The lowest BCUT2D eigenvalue weighted by atomic mass is 10.1. The Labute approximate surface area is 554 Å². The van der Waals surface area contributed by atoms with E-state index in [2.05, 4.69) is 31.9 Å². The molecule has 0 aromatic rings. The second kappa shape index (κ2) is 63.7. The molecule has 0 saturated heterocycles. The normalized spacial score (nSPS) is 12.5. The SMILES string of the molecule is CCOC(=O)CCC(NC(=O)C(N)CCCCN)C(=O)OCC.CCOC(=O)CCC(NC(=O)CCC(=O)NCCCOCCOCCOCCCNC(=O)C(N)CCCCN)C(=O)OCC.CCOC(=O)CCC(NC(=O)CNC(=O)C(N)CCCCN)C(=O)OCC. The number of nitrogens with one attached hydrogen (secondary N) is 6. The van der Waals surface area contributed by atoms with Crippen molar-refractivity contribution in [3.05, 3.63) is 0 Å². The molecule has 94 heavy (non-hydrogen) atoms. The van der Waals surface area contributed by atoms with Crippen LogP contribution in [0.2, 0.25) is 0 Å². The highest BCUT2D eigenvalue weighted by Gasteiger charge is 2.28. The summed E-state index contributed by atoms with van der Waals surface area (Å²) in [4.78, 5) is 142. The minimum atomic E-state index is -1.00. The summed E-state index contributed by atoms with van der Waals surface area (Å²) in [7, 11) is 0. The van der Waals surface area contributed by atoms with E-state index in [9.17, 15) is 57.5 Å². The van der Waals surface area contributed by atoms with E-state index in [1.54, 1.807) is 41.5 Å². The average Bonchev–Trinajstić information content (AvgIpc) is 1.18. The molecule has 33 heteroatoms. The van der Waals surface area contributed by atoms with Gasteiger partial charge in [0.15, 0.2) is 0 Å². The van der Waals surface area contributed by atoms with Crippen LogP contribution in [-0.4, -0.2) is 226 Å². The third-order valence-corrected chi connectivity index (χ3v) is 12.7. The monoisotopic (exact) mass is 1350 g/mol. The van der Waals surface area contributed by atoms with Gasteiger partial charge < -0.3 is 109 Å². The summed E-state index contributed by atoms with van der Waals surface area (Å²) in [6, 6.07) is -4.85. The number of unbranched alkanes of at least 4 members (excludes halogenated alkanes) is 3. The molecule has 0 saturated carbocycles. The van der Waals surface area contributed by atoms with Crippen LogP contribution in [0.25, 0.3) is 0 Å². The van der Waals surface area contributed by atoms with Crippen LogP contribution in [0.3, 0.4) is 0 Å². The first-order chi connectivity index (χ1) is 45.0. The molecular weight excluding hydrogens is 1240 g/mol. The highest BCUT2D eigenvalue weighted by atomic mass is 16.6. The van der Waals surface area contributed by atoms with Crippen LogP contribution < -0.4 is 66.3 Å². The van der Waals surface area contributed by atoms with Gasteiger partial charge in [0, 0.05) is 58.4 Å². The van der Waals surface area contributed by atoms with E-state index in [1.165, 1.54) is 0 Å². The molecule has 6 amide bonds. The summed E-state index contributed by atoms with van der Waals surface area (Å²) in [6.45, 7) is 16.0. The van der Waals surface area contributed by atoms with E-state index < -0.39 is 95.7 Å². The molecule has 6 atom stereocenters. The Morgan fingerprint density at radius 2 is 0.638 bits per heavy atom. The first-order valence-corrected chi connectivity index (χ1v) is 32.8. The van der Waals surface area contributed by atoms with Gasteiger partial charge in [-0.3, -0.25) is 43.2 Å². The Balaban J connectivity index is -0.00000142. The lowest BCUT2D eigenvalue weighted by Gasteiger charge is -2.19. The third-order valence-electron chi connectivity index (χ3n) is 12.7. The summed E-state index contributed by atoms with van der Waals surface area (Å²) in [5.74, 6) is -5.67. The van der Waals surface area contributed by atoms with E-state index in [-0.39, 0.29) is 109 Å². The minimum Gasteiger partial charge on any atom is -0.466 e. The molecule has 0 rings (SSSR count). The fourth-order valence-electron chi connectivity index (χ4n) is 7.75. The second-order valence-electron chi connectivity index (χ2n) is 20.7. The maximum atomic E-state index is 12.2. The van der Waals surface area contributed by atoms with Crippen molar-refractivity contribution in [3.63, 3.8) is 0 Å². The summed E-state index contributed by atoms with van der Waals surface area (Å²) in [5.41, 5.74) is 33.6. The topological polar surface area (TPSA) is 516 Å². The van der Waals surface area contributed by atoms with E-state index in [4.69, 9.17) is 77.0 Å². The lowest BCUT2D eigenvalue weighted by Crippen LogP contribution is -2.49. The van der Waals surface area contributed by atoms with Crippen molar-refractivity contribution >= 4 is 71.3 Å². The zero-order valence-corrected chi connectivity index (χ0v) is 56.7. The van der Waals surface area contributed by atoms with E-state index in [1.807, 2.05) is 0 Å². The Morgan fingerprint density at radius 1 is 0.319 bits per heavy atom. The molecule has 6 unspecified atom stereocenters. The van der Waals surface area contributed by atoms with E-state index in [0.717, 1.165) is 38.5 Å². The molecular formula is C61H116N12O21. The Morgan fingerprint density at radius 3 is 1.01 bits per heavy atom. The van der Waals surface area contributed by atoms with Crippen molar-refractivity contribution in [2.75, 3.05) is 119 Å². The number of ether oxygens (including phenoxy) is 9. The van der Waals surface area contributed by atoms with Gasteiger partial charge in [0.2, 0.25) is 35.4 Å². The predicted octanol–water partition coefficient (Wildman–Crippen LogP) is -1.54. The molecule has 0 aromatic heterocycles. The number of rotatable bonds is 55. The van der Waals surface area contributed by atoms with Crippen molar-refractivity contribution in [2.45, 2.75) is 200 Å². The molecule has 546 valence electrons. The first-order valence-electron chi connectivity index (χ1n) is 32.8. The first kappa shape index (κ1) is 91.5. The number of hydrogen-bond acceptors (Lipinski definition) is 27. The molecule has 0 spiro atoms. The van der Waals surface area contributed by atoms with Gasteiger partial charge in [-0.15, -0.1) is 0 Å². The molecule has 0 radical (unpaired) electrons. The summed E-state index contributed by atoms with van der Waals surface area (Å²) >= 11 is 0. The molecule has 0 fully saturated rings. The van der Waals surface area contributed by atoms with Crippen LogP contribution in [-0.2, 0) is 100 Å². The molecule has 0 aliphatic carbocycles. The number of esters is 6. The standard InChI is InChI=1S/C29H55N5O10.C17H32N4O6.C15H29N3O5/c1-3-43-27(37)13-10-24(29(39)44-4-2)34-26(36)12-11-25(35)32-15-7-17-40-19-21-42-22-20-41-18-8-16-33-28(38)23(31)9-5-6-14-30;1-3-26-15(23)9-8-13(17(25)27-4-2)21-14(22)11-20-16(24)12(19)7-5-6-10-18;1-3-22-13(19)9-8-12(15(21)23-4-2)18-14(20)11(17)7-5-6-10-16/h23-24H,3-22,30-31H2,1-2H3,(H,32,35)(H,33,38)(H,34,36);12-13H,3-11,18-19H2,1-2H3,(H,20,24)(H,21,22);11-12H,3-10,16-17H2,1-2H3,(H,18,20). The van der Waals surface area contributed by atoms with Gasteiger partial charge in [-0.2, -0.15) is 0 Å². The van der Waals surface area contributed by atoms with Crippen molar-refractivity contribution in [2.24, 2.45) is 34.4 Å². The average molecular weight is 1350 g/mol. The third kappa shape index (κ3) is 54.7. The quantitative estimate of drug-likeness (QED) is 0.0187. The van der Waals surface area contributed by atoms with Gasteiger partial charge in [0.25, 0.3) is 0 Å². The summed E-state index contributed by atoms with van der Waals surface area (Å²) in [5, 5.41) is 15.5. The van der Waals surface area contributed by atoms with Gasteiger partial charge in [-0.05, 0) is 132 Å². The lowest BCUT2D eigenvalue weighted by molar-refractivity contribution is -0.150. The Hall–Kier alpha value is -6.72. The molecule has 0 aliphatic rings. The Kier molecular flexibility index (Phi) is 61.9. The molecule has 0 heterocycles. The van der Waals surface area contributed by atoms with Gasteiger partial charge >= 0.3 is 35.8 Å². The predicted molar refractivity (Wildman–Crippen MR) is 346 cm³/mol. The molecule has 18 N–H and O–H groups in total. The molecule has 0 aromatic carbocycles. The summed E-state index contributed by atoms with van der Waals surface area (Å²) in [6.07, 6.45) is 7.52. The highest BCUT2D eigenvalue weighted by Crippen LogP contribution is 2.08. The minimum absolute atomic E-state index is 0.0139. The highest BCUT2D eigenvalue weighted by molar-refractivity contribution is 5.91. The number of amides is 6. The van der Waals surface area contributed by atoms with Gasteiger partial charge in [0.05, 0.1) is 90.7 Å². The number of hydrogen-bond donors (Lipinski definition) is 12. The second-order valence-corrected chi connectivity index (χ2v) is 20.7.